The van der Waals surface area contributed by atoms with E-state index in [1.54, 1.807) is 24.1 Å². The van der Waals surface area contributed by atoms with Gasteiger partial charge in [0.15, 0.2) is 0 Å². The lowest BCUT2D eigenvalue weighted by Crippen LogP contribution is -2.42. The van der Waals surface area contributed by atoms with Crippen LogP contribution in [0.25, 0.3) is 0 Å². The van der Waals surface area contributed by atoms with Crippen molar-refractivity contribution in [1.82, 2.24) is 19.9 Å². The number of carbonyl (C=O) groups is 2. The third kappa shape index (κ3) is 8.77. The number of benzene rings is 2. The van der Waals surface area contributed by atoms with Crippen LogP contribution < -0.4 is 25.6 Å². The van der Waals surface area contributed by atoms with E-state index in [0.717, 1.165) is 12.1 Å². The summed E-state index contributed by atoms with van der Waals surface area (Å²) in [7, 11) is 3.22. The van der Waals surface area contributed by atoms with Gasteiger partial charge in [-0.3, -0.25) is 4.79 Å². The SMILES string of the molecule is C=CC(=O)Nc1cc(Nc2ncnc(Nc3cc(Cl)c(F)cc3C(C)(C)O)n2)c(OC)cc1N1CC[C@@H](N(C)C(=O)OC(C)(C)C)C1. The largest absolute Gasteiger partial charge is 0.494 e. The Balaban J connectivity index is 1.62. The molecule has 4 N–H and O–H groups in total. The zero-order valence-electron chi connectivity index (χ0n) is 27.4. The molecule has 1 aliphatic heterocycles. The fraction of sp³-hybridized carbons (Fsp3) is 0.406. The highest BCUT2D eigenvalue weighted by atomic mass is 35.5. The molecule has 2 aromatic carbocycles. The van der Waals surface area contributed by atoms with E-state index in [1.807, 2.05) is 20.8 Å². The number of ether oxygens (including phenoxy) is 2. The molecule has 1 aliphatic rings. The number of halogens is 2. The van der Waals surface area contributed by atoms with E-state index in [1.165, 1.54) is 33.4 Å². The Hall–Kier alpha value is -4.69. The number of anilines is 6. The lowest BCUT2D eigenvalue weighted by Gasteiger charge is -2.29. The normalized spacial score (nSPS) is 14.8. The van der Waals surface area contributed by atoms with Crippen molar-refractivity contribution in [2.45, 2.75) is 58.3 Å². The number of aliphatic hydroxyl groups is 1. The predicted molar refractivity (Wildman–Crippen MR) is 179 cm³/mol. The molecule has 2 heterocycles. The highest BCUT2D eigenvalue weighted by molar-refractivity contribution is 6.31. The van der Waals surface area contributed by atoms with Crippen LogP contribution in [-0.2, 0) is 15.1 Å². The first-order valence-electron chi connectivity index (χ1n) is 14.8. The van der Waals surface area contributed by atoms with Crippen LogP contribution in [0.1, 0.15) is 46.6 Å². The van der Waals surface area contributed by atoms with Crippen LogP contribution in [0, 0.1) is 5.82 Å². The van der Waals surface area contributed by atoms with Gasteiger partial charge in [-0.2, -0.15) is 4.98 Å². The van der Waals surface area contributed by atoms with Crippen LogP contribution in [0.5, 0.6) is 5.75 Å². The quantitative estimate of drug-likeness (QED) is 0.189. The van der Waals surface area contributed by atoms with Crippen molar-refractivity contribution < 1.29 is 28.6 Å². The van der Waals surface area contributed by atoms with Crippen molar-refractivity contribution in [3.8, 4) is 5.75 Å². The molecule has 15 heteroatoms. The van der Waals surface area contributed by atoms with Crippen molar-refractivity contribution in [3.63, 3.8) is 0 Å². The topological polar surface area (TPSA) is 154 Å². The number of rotatable bonds is 10. The Bertz CT molecular complexity index is 1660. The van der Waals surface area contributed by atoms with Gasteiger partial charge in [0.1, 0.15) is 23.5 Å². The molecule has 2 amide bonds. The van der Waals surface area contributed by atoms with Crippen molar-refractivity contribution in [2.75, 3.05) is 48.1 Å². The Morgan fingerprint density at radius 3 is 2.36 bits per heavy atom. The summed E-state index contributed by atoms with van der Waals surface area (Å²) in [5, 5.41) is 19.4. The summed E-state index contributed by atoms with van der Waals surface area (Å²) in [6.07, 6.45) is 2.70. The molecule has 3 aromatic rings. The third-order valence-electron chi connectivity index (χ3n) is 7.28. The number of likely N-dealkylation sites (N-methyl/N-ethyl adjacent to an activating group) is 1. The molecule has 1 fully saturated rings. The average Bonchev–Trinajstić information content (AvgIpc) is 3.47. The number of hydrogen-bond acceptors (Lipinski definition) is 11. The van der Waals surface area contributed by atoms with Crippen molar-refractivity contribution in [3.05, 3.63) is 59.7 Å². The number of nitrogens with one attached hydrogen (secondary N) is 3. The minimum atomic E-state index is -1.40. The first-order chi connectivity index (χ1) is 22.0. The predicted octanol–water partition coefficient (Wildman–Crippen LogP) is 5.96. The second-order valence-electron chi connectivity index (χ2n) is 12.5. The molecule has 0 unspecified atom stereocenters. The summed E-state index contributed by atoms with van der Waals surface area (Å²) < 4.78 is 25.5. The second kappa shape index (κ2) is 14.0. The minimum Gasteiger partial charge on any atom is -0.494 e. The number of methoxy groups -OCH3 is 1. The molecule has 0 aliphatic carbocycles. The van der Waals surface area contributed by atoms with Crippen LogP contribution in [0.4, 0.5) is 43.8 Å². The van der Waals surface area contributed by atoms with Gasteiger partial charge in [-0.25, -0.2) is 19.2 Å². The maximum atomic E-state index is 14.2. The summed E-state index contributed by atoms with van der Waals surface area (Å²) in [6, 6.07) is 5.82. The number of carbonyl (C=O) groups excluding carboxylic acids is 2. The molecular weight excluding hydrogens is 631 g/mol. The molecule has 13 nitrogen and oxygen atoms in total. The highest BCUT2D eigenvalue weighted by Crippen LogP contribution is 2.40. The van der Waals surface area contributed by atoms with E-state index < -0.39 is 29.0 Å². The van der Waals surface area contributed by atoms with Crippen LogP contribution in [0.3, 0.4) is 0 Å². The van der Waals surface area contributed by atoms with E-state index in [-0.39, 0.29) is 28.5 Å². The van der Waals surface area contributed by atoms with E-state index in [4.69, 9.17) is 21.1 Å². The Morgan fingerprint density at radius 2 is 1.77 bits per heavy atom. The molecule has 1 saturated heterocycles. The molecule has 1 aromatic heterocycles. The van der Waals surface area contributed by atoms with Crippen LogP contribution in [0.15, 0.2) is 43.2 Å². The summed E-state index contributed by atoms with van der Waals surface area (Å²) in [5.41, 5.74) is 0.0929. The molecule has 4 rings (SSSR count). The van der Waals surface area contributed by atoms with E-state index in [0.29, 0.717) is 48.0 Å². The zero-order valence-corrected chi connectivity index (χ0v) is 28.2. The maximum absolute atomic E-state index is 14.2. The molecule has 0 radical (unpaired) electrons. The van der Waals surface area contributed by atoms with Crippen LogP contribution in [-0.4, -0.2) is 75.8 Å². The summed E-state index contributed by atoms with van der Waals surface area (Å²) in [5.74, 6) is -0.473. The van der Waals surface area contributed by atoms with E-state index in [2.05, 4.69) is 42.4 Å². The fourth-order valence-corrected chi connectivity index (χ4v) is 5.12. The van der Waals surface area contributed by atoms with Gasteiger partial charge in [0.25, 0.3) is 0 Å². The average molecular weight is 671 g/mol. The molecule has 47 heavy (non-hydrogen) atoms. The van der Waals surface area contributed by atoms with Gasteiger partial charge in [0.05, 0.1) is 40.8 Å². The Kier molecular flexibility index (Phi) is 10.5. The number of nitrogens with zero attached hydrogens (tertiary/aromatic N) is 5. The maximum Gasteiger partial charge on any atom is 0.410 e. The first kappa shape index (κ1) is 35.2. The molecule has 252 valence electrons. The molecule has 1 atom stereocenters. The smallest absolute Gasteiger partial charge is 0.410 e. The minimum absolute atomic E-state index is 0.0867. The highest BCUT2D eigenvalue weighted by Gasteiger charge is 2.32. The number of amides is 2. The van der Waals surface area contributed by atoms with Gasteiger partial charge in [0.2, 0.25) is 17.8 Å². The van der Waals surface area contributed by atoms with Gasteiger partial charge in [0, 0.05) is 37.5 Å². The monoisotopic (exact) mass is 670 g/mol. The van der Waals surface area contributed by atoms with Crippen molar-refractivity contribution >= 4 is 58.2 Å². The van der Waals surface area contributed by atoms with Crippen LogP contribution in [0.2, 0.25) is 5.02 Å². The molecule has 0 saturated carbocycles. The third-order valence-corrected chi connectivity index (χ3v) is 7.57. The van der Waals surface area contributed by atoms with Crippen molar-refractivity contribution in [1.29, 1.82) is 0 Å². The summed E-state index contributed by atoms with van der Waals surface area (Å²) in [4.78, 5) is 41.6. The van der Waals surface area contributed by atoms with Gasteiger partial charge in [-0.15, -0.1) is 0 Å². The Morgan fingerprint density at radius 1 is 1.11 bits per heavy atom. The fourth-order valence-electron chi connectivity index (χ4n) is 4.95. The van der Waals surface area contributed by atoms with E-state index >= 15 is 0 Å². The van der Waals surface area contributed by atoms with Gasteiger partial charge >= 0.3 is 6.09 Å². The van der Waals surface area contributed by atoms with Gasteiger partial charge in [-0.05, 0) is 65.3 Å². The molecular formula is C32H40ClFN8O5. The molecule has 0 bridgehead atoms. The lowest BCUT2D eigenvalue weighted by atomic mass is 9.96. The zero-order chi connectivity index (χ0) is 34.7. The van der Waals surface area contributed by atoms with E-state index in [9.17, 15) is 19.1 Å². The second-order valence-corrected chi connectivity index (χ2v) is 12.9. The molecule has 0 spiro atoms. The summed E-state index contributed by atoms with van der Waals surface area (Å²) in [6.45, 7) is 13.1. The van der Waals surface area contributed by atoms with Gasteiger partial charge in [-0.1, -0.05) is 18.2 Å². The number of hydrogen-bond donors (Lipinski definition) is 4. The lowest BCUT2D eigenvalue weighted by molar-refractivity contribution is -0.111. The number of aromatic nitrogens is 3. The van der Waals surface area contributed by atoms with Crippen molar-refractivity contribution in [2.24, 2.45) is 0 Å². The van der Waals surface area contributed by atoms with Crippen LogP contribution >= 0.6 is 11.6 Å². The standard InChI is InChI=1S/C32H40ClFN8O5/c1-9-27(43)37-23-14-24(26(46-8)15-25(23)42-11-10-18(16-42)41(7)30(44)47-31(2,3)4)39-29-36-17-35-28(40-29)38-22-13-20(33)21(34)12-19(22)32(5,6)45/h9,12-15,17-18,45H,1,10-11,16H2,2-8H3,(H,37,43)(H2,35,36,38,39,40)/t18-/m1/s1. The Labute approximate surface area is 278 Å². The van der Waals surface area contributed by atoms with Gasteiger partial charge < -0.3 is 40.3 Å². The first-order valence-corrected chi connectivity index (χ1v) is 15.2. The summed E-state index contributed by atoms with van der Waals surface area (Å²) >= 11 is 6.02.